The molecule has 0 bridgehead atoms. The Hall–Kier alpha value is -2.16. The predicted molar refractivity (Wildman–Crippen MR) is 94.3 cm³/mol. The lowest BCUT2D eigenvalue weighted by atomic mass is 9.98. The maximum Gasteiger partial charge on any atom is 0.229 e. The van der Waals surface area contributed by atoms with Crippen molar-refractivity contribution in [2.45, 2.75) is 37.0 Å². The van der Waals surface area contributed by atoms with Crippen LogP contribution in [0.3, 0.4) is 0 Å². The lowest BCUT2D eigenvalue weighted by Gasteiger charge is -2.46. The highest BCUT2D eigenvalue weighted by Gasteiger charge is 2.49. The third kappa shape index (κ3) is 3.78. The Labute approximate surface area is 157 Å². The molecule has 0 spiro atoms. The molecule has 0 aromatic heterocycles. The number of hydrogen-bond donors (Lipinski definition) is 2. The van der Waals surface area contributed by atoms with Crippen molar-refractivity contribution in [1.82, 2.24) is 0 Å². The van der Waals surface area contributed by atoms with Crippen LogP contribution in [0, 0.1) is 0 Å². The van der Waals surface area contributed by atoms with Crippen molar-refractivity contribution in [3.63, 3.8) is 0 Å². The van der Waals surface area contributed by atoms with E-state index < -0.39 is 37.0 Å². The molecule has 2 aromatic carbocycles. The fourth-order valence-electron chi connectivity index (χ4n) is 3.24. The van der Waals surface area contributed by atoms with Gasteiger partial charge in [0.1, 0.15) is 35.9 Å². The van der Waals surface area contributed by atoms with Gasteiger partial charge in [0.05, 0.1) is 13.7 Å². The molecule has 2 fully saturated rings. The molecule has 0 amide bonds. The summed E-state index contributed by atoms with van der Waals surface area (Å²) in [7, 11) is 1.58. The van der Waals surface area contributed by atoms with Crippen LogP contribution in [0.15, 0.2) is 54.6 Å². The summed E-state index contributed by atoms with van der Waals surface area (Å²) >= 11 is 0. The van der Waals surface area contributed by atoms with Gasteiger partial charge in [-0.15, -0.1) is 0 Å². The zero-order chi connectivity index (χ0) is 18.8. The number of fused-ring (bicyclic) bond motifs is 1. The second-order valence-electron chi connectivity index (χ2n) is 6.49. The third-order valence-corrected chi connectivity index (χ3v) is 4.72. The normalized spacial score (nSPS) is 33.1. The average Bonchev–Trinajstić information content (AvgIpc) is 2.73. The lowest BCUT2D eigenvalue weighted by Crippen LogP contribution is -2.62. The second kappa shape index (κ2) is 7.84. The SMILES string of the molecule is COc1ccc(O[C@@H]2O[C@@H]3CO[C@@H](c4ccccc4)O[C@H]3[C@H](O)[C@H]2O)cc1. The molecule has 7 nitrogen and oxygen atoms in total. The van der Waals surface area contributed by atoms with Gasteiger partial charge in [-0.2, -0.15) is 0 Å². The molecule has 2 aliphatic heterocycles. The van der Waals surface area contributed by atoms with Crippen LogP contribution in [-0.2, 0) is 14.2 Å². The van der Waals surface area contributed by atoms with E-state index in [4.69, 9.17) is 23.7 Å². The Morgan fingerprint density at radius 3 is 2.30 bits per heavy atom. The van der Waals surface area contributed by atoms with Crippen LogP contribution in [0.2, 0.25) is 0 Å². The summed E-state index contributed by atoms with van der Waals surface area (Å²) in [5.41, 5.74) is 0.842. The average molecular weight is 374 g/mol. The van der Waals surface area contributed by atoms with E-state index in [-0.39, 0.29) is 6.61 Å². The second-order valence-corrected chi connectivity index (χ2v) is 6.49. The van der Waals surface area contributed by atoms with Gasteiger partial charge in [0.15, 0.2) is 6.29 Å². The van der Waals surface area contributed by atoms with Gasteiger partial charge in [-0.1, -0.05) is 30.3 Å². The van der Waals surface area contributed by atoms with Gasteiger partial charge in [-0.25, -0.2) is 0 Å². The maximum absolute atomic E-state index is 10.6. The summed E-state index contributed by atoms with van der Waals surface area (Å²) in [5.74, 6) is 1.18. The van der Waals surface area contributed by atoms with Gasteiger partial charge in [-0.3, -0.25) is 0 Å². The molecular weight excluding hydrogens is 352 g/mol. The Kier molecular flexibility index (Phi) is 5.29. The van der Waals surface area contributed by atoms with Crippen molar-refractivity contribution in [2.24, 2.45) is 0 Å². The smallest absolute Gasteiger partial charge is 0.229 e. The molecule has 27 heavy (non-hydrogen) atoms. The van der Waals surface area contributed by atoms with E-state index in [9.17, 15) is 10.2 Å². The van der Waals surface area contributed by atoms with Crippen LogP contribution in [0.1, 0.15) is 11.9 Å². The minimum atomic E-state index is -1.26. The van der Waals surface area contributed by atoms with Gasteiger partial charge in [0.25, 0.3) is 0 Å². The van der Waals surface area contributed by atoms with Crippen LogP contribution in [-0.4, -0.2) is 54.6 Å². The Morgan fingerprint density at radius 2 is 1.59 bits per heavy atom. The summed E-state index contributed by atoms with van der Waals surface area (Å²) in [6.45, 7) is 0.219. The van der Waals surface area contributed by atoms with Crippen LogP contribution in [0.5, 0.6) is 11.5 Å². The first-order chi connectivity index (χ1) is 13.2. The molecule has 0 radical (unpaired) electrons. The highest BCUT2D eigenvalue weighted by atomic mass is 16.8. The minimum Gasteiger partial charge on any atom is -0.497 e. The van der Waals surface area contributed by atoms with Crippen LogP contribution in [0.25, 0.3) is 0 Å². The van der Waals surface area contributed by atoms with Crippen molar-refractivity contribution in [2.75, 3.05) is 13.7 Å². The molecule has 4 rings (SSSR count). The molecule has 6 atom stereocenters. The quantitative estimate of drug-likeness (QED) is 0.841. The summed E-state index contributed by atoms with van der Waals surface area (Å²) in [6, 6.07) is 16.3. The molecule has 7 heteroatoms. The largest absolute Gasteiger partial charge is 0.497 e. The number of hydrogen-bond acceptors (Lipinski definition) is 7. The monoisotopic (exact) mass is 374 g/mol. The molecule has 144 valence electrons. The van der Waals surface area contributed by atoms with Gasteiger partial charge in [0.2, 0.25) is 6.29 Å². The van der Waals surface area contributed by atoms with E-state index in [0.717, 1.165) is 5.56 Å². The van der Waals surface area contributed by atoms with E-state index in [1.165, 1.54) is 0 Å². The van der Waals surface area contributed by atoms with Crippen molar-refractivity contribution < 1.29 is 33.9 Å². The maximum atomic E-state index is 10.6. The van der Waals surface area contributed by atoms with Crippen molar-refractivity contribution in [3.8, 4) is 11.5 Å². The standard InChI is InChI=1S/C20H22O7/c1-23-13-7-9-14(10-8-13)25-20-17(22)16(21)18-15(26-20)11-24-19(27-18)12-5-3-2-4-6-12/h2-10,15-22H,11H2,1H3/t15-,16-,17-,18-,19-,20-/m1/s1. The first-order valence-corrected chi connectivity index (χ1v) is 8.80. The van der Waals surface area contributed by atoms with Gasteiger partial charge in [0, 0.05) is 5.56 Å². The summed E-state index contributed by atoms with van der Waals surface area (Å²) in [4.78, 5) is 0. The summed E-state index contributed by atoms with van der Waals surface area (Å²) in [6.07, 6.45) is -5.33. The molecule has 2 aromatic rings. The molecule has 0 saturated carbocycles. The lowest BCUT2D eigenvalue weighted by molar-refractivity contribution is -0.350. The molecule has 0 unspecified atom stereocenters. The summed E-state index contributed by atoms with van der Waals surface area (Å²) in [5, 5.41) is 21.0. The zero-order valence-electron chi connectivity index (χ0n) is 14.8. The summed E-state index contributed by atoms with van der Waals surface area (Å²) < 4.78 is 28.2. The van der Waals surface area contributed by atoms with E-state index in [1.807, 2.05) is 30.3 Å². The highest BCUT2D eigenvalue weighted by molar-refractivity contribution is 5.31. The number of rotatable bonds is 4. The van der Waals surface area contributed by atoms with Gasteiger partial charge >= 0.3 is 0 Å². The van der Waals surface area contributed by atoms with Crippen molar-refractivity contribution >= 4 is 0 Å². The van der Waals surface area contributed by atoms with Crippen LogP contribution in [0.4, 0.5) is 0 Å². The fraction of sp³-hybridized carbons (Fsp3) is 0.400. The third-order valence-electron chi connectivity index (χ3n) is 4.72. The van der Waals surface area contributed by atoms with E-state index in [1.54, 1.807) is 31.4 Å². The molecule has 2 N–H and O–H groups in total. The number of aliphatic hydroxyl groups is 2. The predicted octanol–water partition coefficient (Wildman–Crippen LogP) is 1.63. The first-order valence-electron chi connectivity index (χ1n) is 8.80. The van der Waals surface area contributed by atoms with E-state index >= 15 is 0 Å². The van der Waals surface area contributed by atoms with E-state index in [2.05, 4.69) is 0 Å². The number of methoxy groups -OCH3 is 1. The highest BCUT2D eigenvalue weighted by Crippen LogP contribution is 2.34. The van der Waals surface area contributed by atoms with Crippen molar-refractivity contribution in [1.29, 1.82) is 0 Å². The fourth-order valence-corrected chi connectivity index (χ4v) is 3.24. The topological polar surface area (TPSA) is 86.6 Å². The Bertz CT molecular complexity index is 734. The molecule has 0 aliphatic carbocycles. The number of benzene rings is 2. The number of aliphatic hydroxyl groups excluding tert-OH is 2. The Morgan fingerprint density at radius 1 is 0.889 bits per heavy atom. The zero-order valence-corrected chi connectivity index (χ0v) is 14.8. The van der Waals surface area contributed by atoms with Crippen LogP contribution >= 0.6 is 0 Å². The molecule has 2 heterocycles. The van der Waals surface area contributed by atoms with Crippen molar-refractivity contribution in [3.05, 3.63) is 60.2 Å². The van der Waals surface area contributed by atoms with E-state index in [0.29, 0.717) is 11.5 Å². The molecule has 2 saturated heterocycles. The molecule has 2 aliphatic rings. The minimum absolute atomic E-state index is 0.219. The first kappa shape index (κ1) is 18.2. The van der Waals surface area contributed by atoms with Gasteiger partial charge in [-0.05, 0) is 24.3 Å². The van der Waals surface area contributed by atoms with Crippen LogP contribution < -0.4 is 9.47 Å². The number of ether oxygens (including phenoxy) is 5. The van der Waals surface area contributed by atoms with Gasteiger partial charge < -0.3 is 33.9 Å². The molecular formula is C20H22O7. The Balaban J connectivity index is 1.43.